The van der Waals surface area contributed by atoms with Crippen molar-refractivity contribution < 1.29 is 0 Å². The average molecular weight is 287 g/mol. The molecular formula is C21H21N. The number of fused-ring (bicyclic) bond motifs is 2. The standard InChI is InChI=1S/C21H21N/c1-21(2)13-12-17-19(14-21)22-18-11-7-6-10-16(18)20(17)15-8-4-3-5-9-15/h3-11H,12-14H2,1-2H3. The highest BCUT2D eigenvalue weighted by Crippen LogP contribution is 2.41. The number of para-hydroxylation sites is 1. The maximum atomic E-state index is 5.00. The van der Waals surface area contributed by atoms with Crippen molar-refractivity contribution in [3.8, 4) is 11.1 Å². The first-order valence-corrected chi connectivity index (χ1v) is 8.10. The summed E-state index contributed by atoms with van der Waals surface area (Å²) < 4.78 is 0. The fourth-order valence-corrected chi connectivity index (χ4v) is 3.66. The molecule has 0 saturated heterocycles. The lowest BCUT2D eigenvalue weighted by molar-refractivity contribution is 0.311. The number of rotatable bonds is 1. The van der Waals surface area contributed by atoms with Crippen molar-refractivity contribution >= 4 is 10.9 Å². The van der Waals surface area contributed by atoms with Gasteiger partial charge < -0.3 is 0 Å². The van der Waals surface area contributed by atoms with E-state index >= 15 is 0 Å². The van der Waals surface area contributed by atoms with Gasteiger partial charge in [0.05, 0.1) is 5.52 Å². The van der Waals surface area contributed by atoms with Gasteiger partial charge in [0.15, 0.2) is 0 Å². The molecule has 1 aliphatic carbocycles. The highest BCUT2D eigenvalue weighted by Gasteiger charge is 2.29. The molecule has 22 heavy (non-hydrogen) atoms. The molecule has 0 unspecified atom stereocenters. The average Bonchev–Trinajstić information content (AvgIpc) is 2.52. The van der Waals surface area contributed by atoms with Crippen LogP contribution in [0.2, 0.25) is 0 Å². The number of nitrogens with zero attached hydrogens (tertiary/aromatic N) is 1. The molecule has 0 saturated carbocycles. The van der Waals surface area contributed by atoms with E-state index in [0.717, 1.165) is 18.4 Å². The third-order valence-corrected chi connectivity index (χ3v) is 4.84. The maximum Gasteiger partial charge on any atom is 0.0711 e. The van der Waals surface area contributed by atoms with Crippen molar-refractivity contribution in [1.82, 2.24) is 4.98 Å². The van der Waals surface area contributed by atoms with Crippen LogP contribution in [0, 0.1) is 5.41 Å². The Balaban J connectivity index is 2.05. The van der Waals surface area contributed by atoms with Crippen molar-refractivity contribution in [2.24, 2.45) is 5.41 Å². The number of hydrogen-bond acceptors (Lipinski definition) is 1. The largest absolute Gasteiger partial charge is 0.252 e. The van der Waals surface area contributed by atoms with Crippen LogP contribution in [-0.4, -0.2) is 4.98 Å². The fraction of sp³-hybridized carbons (Fsp3) is 0.286. The molecule has 2 aromatic carbocycles. The SMILES string of the molecule is CC1(C)CCc2c(nc3ccccc3c2-c2ccccc2)C1. The molecule has 0 atom stereocenters. The lowest BCUT2D eigenvalue weighted by Crippen LogP contribution is -2.24. The highest BCUT2D eigenvalue weighted by molar-refractivity contribution is 5.96. The van der Waals surface area contributed by atoms with Crippen LogP contribution in [-0.2, 0) is 12.8 Å². The molecule has 1 nitrogen and oxygen atoms in total. The summed E-state index contributed by atoms with van der Waals surface area (Å²) in [5, 5.41) is 1.28. The van der Waals surface area contributed by atoms with Gasteiger partial charge in [0.2, 0.25) is 0 Å². The van der Waals surface area contributed by atoms with E-state index < -0.39 is 0 Å². The molecule has 0 amide bonds. The van der Waals surface area contributed by atoms with Gasteiger partial charge in [-0.2, -0.15) is 0 Å². The molecule has 4 rings (SSSR count). The molecule has 0 N–H and O–H groups in total. The first-order chi connectivity index (χ1) is 10.6. The van der Waals surface area contributed by atoms with Gasteiger partial charge in [0.25, 0.3) is 0 Å². The summed E-state index contributed by atoms with van der Waals surface area (Å²) in [4.78, 5) is 5.00. The zero-order valence-corrected chi connectivity index (χ0v) is 13.3. The van der Waals surface area contributed by atoms with E-state index in [1.165, 1.54) is 34.2 Å². The lowest BCUT2D eigenvalue weighted by Gasteiger charge is -2.32. The summed E-state index contributed by atoms with van der Waals surface area (Å²) in [5.41, 5.74) is 6.96. The van der Waals surface area contributed by atoms with Crippen LogP contribution in [0.4, 0.5) is 0 Å². The van der Waals surface area contributed by atoms with Crippen LogP contribution >= 0.6 is 0 Å². The Labute approximate surface area is 132 Å². The minimum atomic E-state index is 0.358. The highest BCUT2D eigenvalue weighted by atomic mass is 14.7. The van der Waals surface area contributed by atoms with E-state index in [1.54, 1.807) is 0 Å². The van der Waals surface area contributed by atoms with E-state index in [-0.39, 0.29) is 0 Å². The lowest BCUT2D eigenvalue weighted by atomic mass is 9.74. The molecule has 1 aliphatic rings. The normalized spacial score (nSPS) is 16.5. The second-order valence-corrected chi connectivity index (χ2v) is 7.14. The van der Waals surface area contributed by atoms with Crippen molar-refractivity contribution in [3.63, 3.8) is 0 Å². The summed E-state index contributed by atoms with van der Waals surface area (Å²) in [5.74, 6) is 0. The van der Waals surface area contributed by atoms with E-state index in [9.17, 15) is 0 Å². The Kier molecular flexibility index (Phi) is 3.04. The minimum Gasteiger partial charge on any atom is -0.252 e. The van der Waals surface area contributed by atoms with Gasteiger partial charge in [-0.1, -0.05) is 62.4 Å². The van der Waals surface area contributed by atoms with Crippen molar-refractivity contribution in [3.05, 3.63) is 65.9 Å². The Morgan fingerprint density at radius 2 is 1.64 bits per heavy atom. The van der Waals surface area contributed by atoms with Crippen LogP contribution in [0.25, 0.3) is 22.0 Å². The minimum absolute atomic E-state index is 0.358. The Bertz CT molecular complexity index is 831. The number of aromatic nitrogens is 1. The van der Waals surface area contributed by atoms with Gasteiger partial charge in [-0.15, -0.1) is 0 Å². The molecule has 1 heterocycles. The van der Waals surface area contributed by atoms with Gasteiger partial charge in [0, 0.05) is 11.1 Å². The molecule has 3 aromatic rings. The zero-order chi connectivity index (χ0) is 15.2. The molecule has 110 valence electrons. The van der Waals surface area contributed by atoms with Crippen molar-refractivity contribution in [2.75, 3.05) is 0 Å². The van der Waals surface area contributed by atoms with Gasteiger partial charge in [-0.3, -0.25) is 4.98 Å². The molecule has 0 spiro atoms. The number of benzene rings is 2. The first-order valence-electron chi connectivity index (χ1n) is 8.10. The topological polar surface area (TPSA) is 12.9 Å². The van der Waals surface area contributed by atoms with Crippen molar-refractivity contribution in [1.29, 1.82) is 0 Å². The summed E-state index contributed by atoms with van der Waals surface area (Å²) >= 11 is 0. The molecule has 0 aliphatic heterocycles. The quantitative estimate of drug-likeness (QED) is 0.582. The predicted octanol–water partition coefficient (Wildman–Crippen LogP) is 5.42. The third kappa shape index (κ3) is 2.21. The second kappa shape index (κ2) is 4.95. The van der Waals surface area contributed by atoms with Crippen LogP contribution in [0.1, 0.15) is 31.5 Å². The van der Waals surface area contributed by atoms with Crippen LogP contribution in [0.5, 0.6) is 0 Å². The molecule has 0 fully saturated rings. The molecule has 1 aromatic heterocycles. The monoisotopic (exact) mass is 287 g/mol. The van der Waals surface area contributed by atoms with Gasteiger partial charge >= 0.3 is 0 Å². The Morgan fingerprint density at radius 1 is 0.909 bits per heavy atom. The van der Waals surface area contributed by atoms with Gasteiger partial charge in [0.1, 0.15) is 0 Å². The van der Waals surface area contributed by atoms with Crippen LogP contribution in [0.15, 0.2) is 54.6 Å². The van der Waals surface area contributed by atoms with E-state index in [2.05, 4.69) is 68.4 Å². The second-order valence-electron chi connectivity index (χ2n) is 7.14. The predicted molar refractivity (Wildman–Crippen MR) is 93.0 cm³/mol. The Hall–Kier alpha value is -2.15. The van der Waals surface area contributed by atoms with Crippen LogP contribution in [0.3, 0.4) is 0 Å². The number of pyridine rings is 1. The molecular weight excluding hydrogens is 266 g/mol. The first kappa shape index (κ1) is 13.5. The van der Waals surface area contributed by atoms with E-state index in [0.29, 0.717) is 5.41 Å². The van der Waals surface area contributed by atoms with Gasteiger partial charge in [-0.25, -0.2) is 0 Å². The Morgan fingerprint density at radius 3 is 2.45 bits per heavy atom. The smallest absolute Gasteiger partial charge is 0.0711 e. The van der Waals surface area contributed by atoms with E-state index in [1.807, 2.05) is 0 Å². The summed E-state index contributed by atoms with van der Waals surface area (Å²) in [6.07, 6.45) is 3.44. The number of hydrogen-bond donors (Lipinski definition) is 0. The zero-order valence-electron chi connectivity index (χ0n) is 13.3. The molecule has 0 radical (unpaired) electrons. The fourth-order valence-electron chi connectivity index (χ4n) is 3.66. The summed E-state index contributed by atoms with van der Waals surface area (Å²) in [7, 11) is 0. The maximum absolute atomic E-state index is 5.00. The van der Waals surface area contributed by atoms with E-state index in [4.69, 9.17) is 4.98 Å². The third-order valence-electron chi connectivity index (χ3n) is 4.84. The van der Waals surface area contributed by atoms with Crippen LogP contribution < -0.4 is 0 Å². The summed E-state index contributed by atoms with van der Waals surface area (Å²) in [6.45, 7) is 4.71. The van der Waals surface area contributed by atoms with Crippen molar-refractivity contribution in [2.45, 2.75) is 33.1 Å². The molecule has 1 heteroatoms. The van der Waals surface area contributed by atoms with Gasteiger partial charge in [-0.05, 0) is 47.4 Å². The molecule has 0 bridgehead atoms. The summed E-state index contributed by atoms with van der Waals surface area (Å²) in [6, 6.07) is 19.4.